The first kappa shape index (κ1) is 16.0. The summed E-state index contributed by atoms with van der Waals surface area (Å²) in [6, 6.07) is 5.71. The monoisotopic (exact) mass is 353 g/mol. The molecule has 4 nitrogen and oxygen atoms in total. The van der Waals surface area contributed by atoms with Crippen LogP contribution in [0.1, 0.15) is 41.6 Å². The van der Waals surface area contributed by atoms with Gasteiger partial charge in [-0.05, 0) is 56.4 Å². The highest BCUT2D eigenvalue weighted by molar-refractivity contribution is 9.10. The standard InChI is InChI=1S/C16H20BrNO3/c1-10-9-12(5-8-14(10)17)15(19)18-13-6-3-11(4-7-13)16(20)21-2/h5,8-9,11,13H,3-4,6-7H2,1-2H3,(H,18,19). The summed E-state index contributed by atoms with van der Waals surface area (Å²) in [4.78, 5) is 23.7. The van der Waals surface area contributed by atoms with Gasteiger partial charge in [0.05, 0.1) is 13.0 Å². The van der Waals surface area contributed by atoms with Crippen LogP contribution in [0.4, 0.5) is 0 Å². The number of aryl methyl sites for hydroxylation is 1. The van der Waals surface area contributed by atoms with Crippen molar-refractivity contribution in [3.05, 3.63) is 33.8 Å². The summed E-state index contributed by atoms with van der Waals surface area (Å²) in [7, 11) is 1.42. The van der Waals surface area contributed by atoms with Crippen molar-refractivity contribution in [1.29, 1.82) is 0 Å². The number of ether oxygens (including phenoxy) is 1. The van der Waals surface area contributed by atoms with Gasteiger partial charge in [-0.1, -0.05) is 15.9 Å². The molecule has 21 heavy (non-hydrogen) atoms. The van der Waals surface area contributed by atoms with Crippen LogP contribution >= 0.6 is 15.9 Å². The topological polar surface area (TPSA) is 55.4 Å². The van der Waals surface area contributed by atoms with Crippen LogP contribution in [0.2, 0.25) is 0 Å². The summed E-state index contributed by atoms with van der Waals surface area (Å²) in [6.45, 7) is 1.96. The molecule has 0 bridgehead atoms. The van der Waals surface area contributed by atoms with E-state index in [-0.39, 0.29) is 23.8 Å². The van der Waals surface area contributed by atoms with Gasteiger partial charge in [0.2, 0.25) is 0 Å². The molecule has 0 atom stereocenters. The maximum atomic E-state index is 12.2. The van der Waals surface area contributed by atoms with Gasteiger partial charge in [0, 0.05) is 16.1 Å². The van der Waals surface area contributed by atoms with Gasteiger partial charge in [-0.15, -0.1) is 0 Å². The second-order valence-corrected chi connectivity index (χ2v) is 6.36. The van der Waals surface area contributed by atoms with Gasteiger partial charge >= 0.3 is 5.97 Å². The highest BCUT2D eigenvalue weighted by atomic mass is 79.9. The molecule has 1 aromatic carbocycles. The van der Waals surface area contributed by atoms with Crippen LogP contribution in [-0.4, -0.2) is 25.0 Å². The van der Waals surface area contributed by atoms with Crippen LogP contribution < -0.4 is 5.32 Å². The molecule has 0 aliphatic heterocycles. The van der Waals surface area contributed by atoms with Gasteiger partial charge in [-0.3, -0.25) is 9.59 Å². The zero-order valence-electron chi connectivity index (χ0n) is 12.3. The Labute approximate surface area is 133 Å². The molecule has 1 aromatic rings. The molecular formula is C16H20BrNO3. The largest absolute Gasteiger partial charge is 0.469 e. The van der Waals surface area contributed by atoms with E-state index >= 15 is 0 Å². The van der Waals surface area contributed by atoms with E-state index in [1.54, 1.807) is 0 Å². The molecule has 2 rings (SSSR count). The van der Waals surface area contributed by atoms with Crippen LogP contribution in [-0.2, 0) is 9.53 Å². The maximum Gasteiger partial charge on any atom is 0.308 e. The summed E-state index contributed by atoms with van der Waals surface area (Å²) < 4.78 is 5.77. The van der Waals surface area contributed by atoms with Crippen molar-refractivity contribution in [2.24, 2.45) is 5.92 Å². The summed E-state index contributed by atoms with van der Waals surface area (Å²) in [5.41, 5.74) is 1.71. The smallest absolute Gasteiger partial charge is 0.308 e. The second kappa shape index (κ2) is 7.07. The third kappa shape index (κ3) is 4.06. The summed E-state index contributed by atoms with van der Waals surface area (Å²) in [6.07, 6.45) is 3.19. The molecule has 1 aliphatic rings. The first-order valence-electron chi connectivity index (χ1n) is 7.16. The molecule has 0 radical (unpaired) electrons. The van der Waals surface area contributed by atoms with E-state index in [1.807, 2.05) is 25.1 Å². The number of rotatable bonds is 3. The van der Waals surface area contributed by atoms with E-state index in [0.29, 0.717) is 5.56 Å². The third-order valence-electron chi connectivity index (χ3n) is 4.02. The van der Waals surface area contributed by atoms with Crippen LogP contribution in [0.5, 0.6) is 0 Å². The number of hydrogen-bond donors (Lipinski definition) is 1. The summed E-state index contributed by atoms with van der Waals surface area (Å²) in [5.74, 6) is -0.200. The molecule has 1 N–H and O–H groups in total. The second-order valence-electron chi connectivity index (χ2n) is 5.51. The van der Waals surface area contributed by atoms with Gasteiger partial charge in [0.1, 0.15) is 0 Å². The number of carbonyl (C=O) groups is 2. The highest BCUT2D eigenvalue weighted by Crippen LogP contribution is 2.25. The molecule has 1 saturated carbocycles. The first-order valence-corrected chi connectivity index (χ1v) is 7.95. The average molecular weight is 354 g/mol. The predicted octanol–water partition coefficient (Wildman–Crippen LogP) is 3.22. The van der Waals surface area contributed by atoms with Crippen LogP contribution in [0.15, 0.2) is 22.7 Å². The minimum Gasteiger partial charge on any atom is -0.469 e. The SMILES string of the molecule is COC(=O)C1CCC(NC(=O)c2ccc(Br)c(C)c2)CC1. The molecular weight excluding hydrogens is 334 g/mol. The third-order valence-corrected chi connectivity index (χ3v) is 4.91. The quantitative estimate of drug-likeness (QED) is 0.848. The Morgan fingerprint density at radius 1 is 1.24 bits per heavy atom. The lowest BCUT2D eigenvalue weighted by molar-refractivity contribution is -0.146. The Morgan fingerprint density at radius 3 is 2.48 bits per heavy atom. The van der Waals surface area contributed by atoms with Crippen molar-refractivity contribution < 1.29 is 14.3 Å². The van der Waals surface area contributed by atoms with E-state index in [0.717, 1.165) is 35.7 Å². The van der Waals surface area contributed by atoms with Crippen molar-refractivity contribution in [3.8, 4) is 0 Å². The predicted molar refractivity (Wildman–Crippen MR) is 84.1 cm³/mol. The molecule has 114 valence electrons. The Morgan fingerprint density at radius 2 is 1.90 bits per heavy atom. The summed E-state index contributed by atoms with van der Waals surface area (Å²) in [5, 5.41) is 3.05. The van der Waals surface area contributed by atoms with E-state index in [1.165, 1.54) is 7.11 Å². The number of benzene rings is 1. The Kier molecular flexibility index (Phi) is 5.39. The van der Waals surface area contributed by atoms with Gasteiger partial charge < -0.3 is 10.1 Å². The number of nitrogens with one attached hydrogen (secondary N) is 1. The number of esters is 1. The van der Waals surface area contributed by atoms with E-state index in [4.69, 9.17) is 4.74 Å². The molecule has 0 saturated heterocycles. The molecule has 0 unspecified atom stereocenters. The van der Waals surface area contributed by atoms with Gasteiger partial charge in [-0.2, -0.15) is 0 Å². The lowest BCUT2D eigenvalue weighted by Crippen LogP contribution is -2.38. The zero-order valence-corrected chi connectivity index (χ0v) is 13.9. The molecule has 0 heterocycles. The molecule has 1 fully saturated rings. The molecule has 5 heteroatoms. The van der Waals surface area contributed by atoms with E-state index in [2.05, 4.69) is 21.2 Å². The maximum absolute atomic E-state index is 12.2. The Hall–Kier alpha value is -1.36. The number of hydrogen-bond acceptors (Lipinski definition) is 3. The number of halogens is 1. The molecule has 1 amide bonds. The van der Waals surface area contributed by atoms with E-state index in [9.17, 15) is 9.59 Å². The minimum atomic E-state index is -0.136. The number of methoxy groups -OCH3 is 1. The van der Waals surface area contributed by atoms with Gasteiger partial charge in [0.25, 0.3) is 5.91 Å². The Balaban J connectivity index is 1.89. The van der Waals surface area contributed by atoms with Crippen molar-refractivity contribution in [3.63, 3.8) is 0 Å². The normalized spacial score (nSPS) is 21.7. The highest BCUT2D eigenvalue weighted by Gasteiger charge is 2.27. The van der Waals surface area contributed by atoms with Gasteiger partial charge in [0.15, 0.2) is 0 Å². The van der Waals surface area contributed by atoms with E-state index < -0.39 is 0 Å². The van der Waals surface area contributed by atoms with Crippen molar-refractivity contribution in [2.45, 2.75) is 38.6 Å². The number of amides is 1. The van der Waals surface area contributed by atoms with Crippen molar-refractivity contribution >= 4 is 27.8 Å². The zero-order chi connectivity index (χ0) is 15.4. The first-order chi connectivity index (χ1) is 10.0. The molecule has 0 spiro atoms. The van der Waals surface area contributed by atoms with Crippen LogP contribution in [0.25, 0.3) is 0 Å². The summed E-state index contributed by atoms with van der Waals surface area (Å²) >= 11 is 3.43. The molecule has 0 aromatic heterocycles. The minimum absolute atomic E-state index is 0.0157. The fourth-order valence-corrected chi connectivity index (χ4v) is 2.94. The average Bonchev–Trinajstić information content (AvgIpc) is 2.50. The van der Waals surface area contributed by atoms with Crippen molar-refractivity contribution in [1.82, 2.24) is 5.32 Å². The van der Waals surface area contributed by atoms with Gasteiger partial charge in [-0.25, -0.2) is 0 Å². The number of carbonyl (C=O) groups excluding carboxylic acids is 2. The molecule has 1 aliphatic carbocycles. The lowest BCUT2D eigenvalue weighted by atomic mass is 9.86. The Bertz CT molecular complexity index is 536. The van der Waals surface area contributed by atoms with Crippen LogP contribution in [0, 0.1) is 12.8 Å². The van der Waals surface area contributed by atoms with Crippen molar-refractivity contribution in [2.75, 3.05) is 7.11 Å². The van der Waals surface area contributed by atoms with Crippen LogP contribution in [0.3, 0.4) is 0 Å². The fraction of sp³-hybridized carbons (Fsp3) is 0.500. The fourth-order valence-electron chi connectivity index (χ4n) is 2.69. The lowest BCUT2D eigenvalue weighted by Gasteiger charge is -2.27.